The minimum absolute atomic E-state index is 0.103. The number of rotatable bonds is 4. The predicted octanol–water partition coefficient (Wildman–Crippen LogP) is 3.25. The second kappa shape index (κ2) is 6.33. The summed E-state index contributed by atoms with van der Waals surface area (Å²) in [6, 6.07) is 6.62. The Bertz CT molecular complexity index is 824. The summed E-state index contributed by atoms with van der Waals surface area (Å²) in [7, 11) is -3.29. The van der Waals surface area contributed by atoms with Crippen molar-refractivity contribution in [2.75, 3.05) is 16.3 Å². The molecule has 5 nitrogen and oxygen atoms in total. The monoisotopic (exact) mass is 350 g/mol. The van der Waals surface area contributed by atoms with E-state index < -0.39 is 10.0 Å². The van der Waals surface area contributed by atoms with E-state index in [2.05, 4.69) is 10.0 Å². The molecule has 2 aromatic rings. The fourth-order valence-corrected chi connectivity index (χ4v) is 4.41. The zero-order valence-corrected chi connectivity index (χ0v) is 14.4. The largest absolute Gasteiger partial charge is 0.322 e. The zero-order valence-electron chi connectivity index (χ0n) is 12.8. The van der Waals surface area contributed by atoms with E-state index in [-0.39, 0.29) is 5.91 Å². The molecule has 0 saturated carbocycles. The van der Waals surface area contributed by atoms with Gasteiger partial charge in [0.15, 0.2) is 0 Å². The average molecular weight is 350 g/mol. The van der Waals surface area contributed by atoms with Crippen LogP contribution in [0.1, 0.15) is 33.6 Å². The molecule has 1 amide bonds. The smallest absolute Gasteiger partial charge is 0.256 e. The number of carbonyl (C=O) groups excluding carboxylic acids is 1. The highest BCUT2D eigenvalue weighted by atomic mass is 32.2. The van der Waals surface area contributed by atoms with Crippen LogP contribution in [0.3, 0.4) is 0 Å². The van der Waals surface area contributed by atoms with Gasteiger partial charge in [0.2, 0.25) is 10.0 Å². The number of hydrogen-bond donors (Lipinski definition) is 2. The number of fused-ring (bicyclic) bond motifs is 1. The minimum atomic E-state index is -3.29. The van der Waals surface area contributed by atoms with Gasteiger partial charge in [-0.2, -0.15) is 0 Å². The molecular formula is C16H18N2O3S2. The van der Waals surface area contributed by atoms with Gasteiger partial charge in [0, 0.05) is 21.6 Å². The van der Waals surface area contributed by atoms with Crippen LogP contribution in [0.25, 0.3) is 0 Å². The molecule has 1 aliphatic carbocycles. The molecule has 0 atom stereocenters. The fourth-order valence-electron chi connectivity index (χ4n) is 2.72. The first kappa shape index (κ1) is 16.0. The van der Waals surface area contributed by atoms with Gasteiger partial charge >= 0.3 is 0 Å². The van der Waals surface area contributed by atoms with Crippen molar-refractivity contribution >= 4 is 38.6 Å². The van der Waals surface area contributed by atoms with E-state index >= 15 is 0 Å². The van der Waals surface area contributed by atoms with Crippen LogP contribution in [-0.2, 0) is 22.9 Å². The Morgan fingerprint density at radius 2 is 1.74 bits per heavy atom. The van der Waals surface area contributed by atoms with E-state index in [9.17, 15) is 13.2 Å². The number of anilines is 2. The summed E-state index contributed by atoms with van der Waals surface area (Å²) >= 11 is 1.66. The Morgan fingerprint density at radius 3 is 2.43 bits per heavy atom. The van der Waals surface area contributed by atoms with Crippen LogP contribution in [0.2, 0.25) is 0 Å². The molecule has 0 fully saturated rings. The van der Waals surface area contributed by atoms with Crippen LogP contribution in [0.4, 0.5) is 11.4 Å². The van der Waals surface area contributed by atoms with Crippen LogP contribution in [0.15, 0.2) is 29.6 Å². The van der Waals surface area contributed by atoms with Crippen molar-refractivity contribution < 1.29 is 13.2 Å². The summed E-state index contributed by atoms with van der Waals surface area (Å²) in [6.07, 6.45) is 5.47. The van der Waals surface area contributed by atoms with Gasteiger partial charge in [-0.05, 0) is 55.5 Å². The highest BCUT2D eigenvalue weighted by molar-refractivity contribution is 7.92. The molecule has 2 N–H and O–H groups in total. The van der Waals surface area contributed by atoms with Crippen LogP contribution < -0.4 is 10.0 Å². The maximum Gasteiger partial charge on any atom is 0.256 e. The van der Waals surface area contributed by atoms with Crippen molar-refractivity contribution in [2.24, 2.45) is 0 Å². The number of aryl methyl sites for hydroxylation is 1. The van der Waals surface area contributed by atoms with Gasteiger partial charge in [-0.15, -0.1) is 11.3 Å². The summed E-state index contributed by atoms with van der Waals surface area (Å²) in [6.45, 7) is 0. The van der Waals surface area contributed by atoms with Crippen molar-refractivity contribution in [1.82, 2.24) is 0 Å². The van der Waals surface area contributed by atoms with Crippen LogP contribution in [0.5, 0.6) is 0 Å². The van der Waals surface area contributed by atoms with Gasteiger partial charge in [-0.25, -0.2) is 8.42 Å². The zero-order chi connectivity index (χ0) is 16.4. The molecule has 3 rings (SSSR count). The molecule has 1 aromatic heterocycles. The molecular weight excluding hydrogens is 332 g/mol. The first-order valence-electron chi connectivity index (χ1n) is 7.41. The number of nitrogens with one attached hydrogen (secondary N) is 2. The molecule has 1 heterocycles. The summed E-state index contributed by atoms with van der Waals surface area (Å²) in [5.74, 6) is -0.103. The quantitative estimate of drug-likeness (QED) is 0.889. The highest BCUT2D eigenvalue weighted by Crippen LogP contribution is 2.30. The first-order valence-corrected chi connectivity index (χ1v) is 10.2. The number of amides is 1. The van der Waals surface area contributed by atoms with Crippen LogP contribution >= 0.6 is 11.3 Å². The van der Waals surface area contributed by atoms with Gasteiger partial charge in [-0.3, -0.25) is 9.52 Å². The SMILES string of the molecule is CS(=O)(=O)Nc1ccc(NC(=O)c2csc3c2CCCC3)cc1. The number of benzene rings is 1. The van der Waals surface area contributed by atoms with Gasteiger partial charge in [0.05, 0.1) is 11.8 Å². The Kier molecular flexibility index (Phi) is 4.41. The summed E-state index contributed by atoms with van der Waals surface area (Å²) in [5, 5.41) is 4.81. The molecule has 0 unspecified atom stereocenters. The van der Waals surface area contributed by atoms with E-state index in [4.69, 9.17) is 0 Å². The van der Waals surface area contributed by atoms with Gasteiger partial charge < -0.3 is 5.32 Å². The third-order valence-electron chi connectivity index (χ3n) is 3.75. The topological polar surface area (TPSA) is 75.3 Å². The van der Waals surface area contributed by atoms with Crippen LogP contribution in [-0.4, -0.2) is 20.6 Å². The van der Waals surface area contributed by atoms with Crippen molar-refractivity contribution in [3.63, 3.8) is 0 Å². The predicted molar refractivity (Wildman–Crippen MR) is 93.8 cm³/mol. The molecule has 0 aliphatic heterocycles. The van der Waals surface area contributed by atoms with Gasteiger partial charge in [-0.1, -0.05) is 0 Å². The van der Waals surface area contributed by atoms with Crippen molar-refractivity contribution in [3.8, 4) is 0 Å². The second-order valence-electron chi connectivity index (χ2n) is 5.66. The Labute approximate surface area is 139 Å². The molecule has 0 radical (unpaired) electrons. The highest BCUT2D eigenvalue weighted by Gasteiger charge is 2.20. The first-order chi connectivity index (χ1) is 10.9. The maximum atomic E-state index is 12.4. The molecule has 7 heteroatoms. The molecule has 122 valence electrons. The molecule has 0 saturated heterocycles. The molecule has 1 aliphatic rings. The third-order valence-corrected chi connectivity index (χ3v) is 5.45. The third kappa shape index (κ3) is 3.92. The van der Waals surface area contributed by atoms with E-state index in [1.54, 1.807) is 35.6 Å². The number of carbonyl (C=O) groups is 1. The average Bonchev–Trinajstić information content (AvgIpc) is 2.92. The van der Waals surface area contributed by atoms with Gasteiger partial charge in [0.1, 0.15) is 0 Å². The lowest BCUT2D eigenvalue weighted by atomic mass is 9.95. The molecule has 0 spiro atoms. The molecule has 0 bridgehead atoms. The Hall–Kier alpha value is -1.86. The maximum absolute atomic E-state index is 12.4. The van der Waals surface area contributed by atoms with E-state index in [1.165, 1.54) is 16.9 Å². The standard InChI is InChI=1S/C16H18N2O3S2/c1-23(20,21)18-12-8-6-11(7-9-12)17-16(19)14-10-22-15-5-3-2-4-13(14)15/h6-10,18H,2-5H2,1H3,(H,17,19). The van der Waals surface area contributed by atoms with Crippen molar-refractivity contribution in [1.29, 1.82) is 0 Å². The normalized spacial score (nSPS) is 14.1. The Morgan fingerprint density at radius 1 is 1.09 bits per heavy atom. The Balaban J connectivity index is 1.72. The lowest BCUT2D eigenvalue weighted by Crippen LogP contribution is -2.14. The molecule has 1 aromatic carbocycles. The van der Waals surface area contributed by atoms with E-state index in [0.29, 0.717) is 11.4 Å². The summed E-state index contributed by atoms with van der Waals surface area (Å²) in [4.78, 5) is 13.8. The van der Waals surface area contributed by atoms with E-state index in [0.717, 1.165) is 31.1 Å². The lowest BCUT2D eigenvalue weighted by molar-refractivity contribution is 0.102. The summed E-state index contributed by atoms with van der Waals surface area (Å²) in [5.41, 5.74) is 3.07. The fraction of sp³-hybridized carbons (Fsp3) is 0.312. The number of thiophene rings is 1. The van der Waals surface area contributed by atoms with E-state index in [1.807, 2.05) is 5.38 Å². The van der Waals surface area contributed by atoms with Crippen LogP contribution in [0, 0.1) is 0 Å². The second-order valence-corrected chi connectivity index (χ2v) is 8.38. The lowest BCUT2D eigenvalue weighted by Gasteiger charge is -2.13. The number of sulfonamides is 1. The van der Waals surface area contributed by atoms with Crippen molar-refractivity contribution in [3.05, 3.63) is 45.6 Å². The minimum Gasteiger partial charge on any atom is -0.322 e. The summed E-state index contributed by atoms with van der Waals surface area (Å²) < 4.78 is 24.7. The van der Waals surface area contributed by atoms with Gasteiger partial charge in [0.25, 0.3) is 5.91 Å². The number of hydrogen-bond acceptors (Lipinski definition) is 4. The van der Waals surface area contributed by atoms with Crippen molar-refractivity contribution in [2.45, 2.75) is 25.7 Å². The molecule has 23 heavy (non-hydrogen) atoms.